The van der Waals surface area contributed by atoms with Crippen LogP contribution in [0.3, 0.4) is 0 Å². The predicted molar refractivity (Wildman–Crippen MR) is 96.0 cm³/mol. The molecule has 2 rings (SSSR count). The summed E-state index contributed by atoms with van der Waals surface area (Å²) < 4.78 is 39.3. The number of sulfonamides is 1. The number of amides is 1. The number of nitrogens with one attached hydrogen (secondary N) is 1. The highest BCUT2D eigenvalue weighted by atomic mass is 79.9. The van der Waals surface area contributed by atoms with E-state index in [-0.39, 0.29) is 5.69 Å². The summed E-state index contributed by atoms with van der Waals surface area (Å²) in [5.74, 6) is -1.11. The molecule has 1 N–H and O–H groups in total. The largest absolute Gasteiger partial charge is 0.323 e. The molecule has 0 saturated heterocycles. The summed E-state index contributed by atoms with van der Waals surface area (Å²) in [6, 6.07) is 11.0. The van der Waals surface area contributed by atoms with E-state index in [1.54, 1.807) is 24.3 Å². The van der Waals surface area contributed by atoms with Gasteiger partial charge in [0.2, 0.25) is 15.9 Å². The van der Waals surface area contributed by atoms with Crippen LogP contribution in [-0.4, -0.2) is 26.6 Å². The van der Waals surface area contributed by atoms with E-state index in [4.69, 9.17) is 0 Å². The quantitative estimate of drug-likeness (QED) is 0.815. The van der Waals surface area contributed by atoms with Crippen molar-refractivity contribution in [3.05, 3.63) is 58.8 Å². The van der Waals surface area contributed by atoms with Crippen molar-refractivity contribution in [3.63, 3.8) is 0 Å². The van der Waals surface area contributed by atoms with Crippen molar-refractivity contribution in [2.24, 2.45) is 0 Å². The molecular formula is C16H16BrFN2O3S. The highest BCUT2D eigenvalue weighted by molar-refractivity contribution is 9.10. The summed E-state index contributed by atoms with van der Waals surface area (Å²) in [4.78, 5) is 12.5. The number of anilines is 2. The molecule has 24 heavy (non-hydrogen) atoms. The molecule has 2 aromatic carbocycles. The van der Waals surface area contributed by atoms with Crippen molar-refractivity contribution in [3.8, 4) is 0 Å². The van der Waals surface area contributed by atoms with Crippen molar-refractivity contribution < 1.29 is 17.6 Å². The summed E-state index contributed by atoms with van der Waals surface area (Å²) in [6.07, 6.45) is 0.972. The molecule has 0 aliphatic carbocycles. The maximum Gasteiger partial charge on any atom is 0.248 e. The summed E-state index contributed by atoms with van der Waals surface area (Å²) in [5.41, 5.74) is 0.606. The number of nitrogens with zero attached hydrogens (tertiary/aromatic N) is 1. The molecule has 2 aromatic rings. The lowest BCUT2D eigenvalue weighted by atomic mass is 10.2. The Balaban J connectivity index is 2.33. The van der Waals surface area contributed by atoms with E-state index in [0.29, 0.717) is 10.2 Å². The van der Waals surface area contributed by atoms with Gasteiger partial charge in [-0.25, -0.2) is 12.8 Å². The molecule has 0 unspecified atom stereocenters. The van der Waals surface area contributed by atoms with E-state index in [1.807, 2.05) is 0 Å². The lowest BCUT2D eigenvalue weighted by molar-refractivity contribution is -0.116. The van der Waals surface area contributed by atoms with Crippen LogP contribution in [0.5, 0.6) is 0 Å². The Labute approximate surface area is 148 Å². The molecule has 0 spiro atoms. The number of hydrogen-bond donors (Lipinski definition) is 1. The smallest absolute Gasteiger partial charge is 0.248 e. The van der Waals surface area contributed by atoms with Crippen molar-refractivity contribution in [1.82, 2.24) is 0 Å². The van der Waals surface area contributed by atoms with Gasteiger partial charge in [0.1, 0.15) is 11.9 Å². The third-order valence-electron chi connectivity index (χ3n) is 3.28. The minimum atomic E-state index is -3.79. The van der Waals surface area contributed by atoms with Crippen LogP contribution in [0, 0.1) is 5.82 Å². The molecule has 0 radical (unpaired) electrons. The van der Waals surface area contributed by atoms with Crippen LogP contribution in [-0.2, 0) is 14.8 Å². The number of hydrogen-bond acceptors (Lipinski definition) is 3. The monoisotopic (exact) mass is 414 g/mol. The van der Waals surface area contributed by atoms with E-state index < -0.39 is 27.8 Å². The van der Waals surface area contributed by atoms with Gasteiger partial charge in [-0.3, -0.25) is 9.10 Å². The molecule has 0 fully saturated rings. The van der Waals surface area contributed by atoms with E-state index in [2.05, 4.69) is 21.2 Å². The topological polar surface area (TPSA) is 66.5 Å². The van der Waals surface area contributed by atoms with E-state index in [1.165, 1.54) is 25.1 Å². The van der Waals surface area contributed by atoms with Crippen molar-refractivity contribution in [2.75, 3.05) is 15.9 Å². The standard InChI is InChI=1S/C16H16BrFN2O3S/c1-11(16(21)19-15-9-4-3-8-14(15)17)20(24(2,22)23)13-7-5-6-12(18)10-13/h3-11H,1-2H3,(H,19,21)/t11-/m0/s1. The first kappa shape index (κ1) is 18.4. The Bertz CT molecular complexity index is 858. The summed E-state index contributed by atoms with van der Waals surface area (Å²) >= 11 is 3.31. The molecule has 1 amide bonds. The molecule has 8 heteroatoms. The first-order chi connectivity index (χ1) is 11.2. The van der Waals surface area contributed by atoms with Gasteiger partial charge in [-0.05, 0) is 53.2 Å². The first-order valence-corrected chi connectivity index (χ1v) is 9.64. The van der Waals surface area contributed by atoms with E-state index in [9.17, 15) is 17.6 Å². The van der Waals surface area contributed by atoms with Gasteiger partial charge < -0.3 is 5.32 Å². The number of benzene rings is 2. The minimum Gasteiger partial charge on any atom is -0.323 e. The molecule has 0 aliphatic heterocycles. The lowest BCUT2D eigenvalue weighted by Gasteiger charge is -2.28. The summed E-state index contributed by atoms with van der Waals surface area (Å²) in [5, 5.41) is 2.66. The highest BCUT2D eigenvalue weighted by Gasteiger charge is 2.29. The van der Waals surface area contributed by atoms with Crippen molar-refractivity contribution >= 4 is 43.2 Å². The summed E-state index contributed by atoms with van der Waals surface area (Å²) in [6.45, 7) is 1.44. The molecule has 0 heterocycles. The number of carbonyl (C=O) groups is 1. The summed E-state index contributed by atoms with van der Waals surface area (Å²) in [7, 11) is -3.79. The lowest BCUT2D eigenvalue weighted by Crippen LogP contribution is -2.45. The second-order valence-corrected chi connectivity index (χ2v) is 7.90. The van der Waals surface area contributed by atoms with Crippen LogP contribution in [0.25, 0.3) is 0 Å². The first-order valence-electron chi connectivity index (χ1n) is 7.00. The Morgan fingerprint density at radius 3 is 2.46 bits per heavy atom. The molecule has 128 valence electrons. The number of halogens is 2. The third-order valence-corrected chi connectivity index (χ3v) is 5.22. The Kier molecular flexibility index (Phi) is 5.61. The Morgan fingerprint density at radius 1 is 1.21 bits per heavy atom. The van der Waals surface area contributed by atoms with E-state index >= 15 is 0 Å². The number of para-hydroxylation sites is 1. The zero-order valence-corrected chi connectivity index (χ0v) is 15.4. The van der Waals surface area contributed by atoms with Crippen LogP contribution < -0.4 is 9.62 Å². The highest BCUT2D eigenvalue weighted by Crippen LogP contribution is 2.24. The molecular weight excluding hydrogens is 399 g/mol. The van der Waals surface area contributed by atoms with Crippen LogP contribution in [0.1, 0.15) is 6.92 Å². The van der Waals surface area contributed by atoms with Gasteiger partial charge in [0.05, 0.1) is 17.6 Å². The molecule has 5 nitrogen and oxygen atoms in total. The maximum atomic E-state index is 13.5. The minimum absolute atomic E-state index is 0.0901. The SMILES string of the molecule is C[C@@H](C(=O)Nc1ccccc1Br)N(c1cccc(F)c1)S(C)(=O)=O. The molecule has 0 aromatic heterocycles. The second kappa shape index (κ2) is 7.31. The molecule has 0 bridgehead atoms. The second-order valence-electron chi connectivity index (χ2n) is 5.18. The van der Waals surface area contributed by atoms with Gasteiger partial charge in [-0.2, -0.15) is 0 Å². The molecule has 0 saturated carbocycles. The molecule has 1 atom stereocenters. The van der Waals surface area contributed by atoms with Gasteiger partial charge in [0.15, 0.2) is 0 Å². The Morgan fingerprint density at radius 2 is 1.88 bits per heavy atom. The average Bonchev–Trinajstić information content (AvgIpc) is 2.48. The van der Waals surface area contributed by atoms with Crippen molar-refractivity contribution in [1.29, 1.82) is 0 Å². The Hall–Kier alpha value is -1.93. The predicted octanol–water partition coefficient (Wildman–Crippen LogP) is 3.38. The maximum absolute atomic E-state index is 13.5. The van der Waals surface area contributed by atoms with Crippen LogP contribution in [0.4, 0.5) is 15.8 Å². The average molecular weight is 415 g/mol. The number of rotatable bonds is 5. The van der Waals surface area contributed by atoms with Gasteiger partial charge in [0.25, 0.3) is 0 Å². The van der Waals surface area contributed by atoms with Crippen LogP contribution in [0.15, 0.2) is 53.0 Å². The van der Waals surface area contributed by atoms with Gasteiger partial charge in [-0.1, -0.05) is 18.2 Å². The molecule has 0 aliphatic rings. The fraction of sp³-hybridized carbons (Fsp3) is 0.188. The fourth-order valence-corrected chi connectivity index (χ4v) is 3.77. The van der Waals surface area contributed by atoms with Crippen LogP contribution >= 0.6 is 15.9 Å². The fourth-order valence-electron chi connectivity index (χ4n) is 2.22. The zero-order valence-electron chi connectivity index (χ0n) is 13.0. The van der Waals surface area contributed by atoms with Gasteiger partial charge in [0, 0.05) is 4.47 Å². The normalized spacial score (nSPS) is 12.5. The van der Waals surface area contributed by atoms with Gasteiger partial charge in [-0.15, -0.1) is 0 Å². The van der Waals surface area contributed by atoms with Crippen LogP contribution in [0.2, 0.25) is 0 Å². The third kappa shape index (κ3) is 4.33. The van der Waals surface area contributed by atoms with Gasteiger partial charge >= 0.3 is 0 Å². The van der Waals surface area contributed by atoms with Crippen molar-refractivity contribution in [2.45, 2.75) is 13.0 Å². The number of carbonyl (C=O) groups excluding carboxylic acids is 1. The van der Waals surface area contributed by atoms with E-state index in [0.717, 1.165) is 16.6 Å². The zero-order chi connectivity index (χ0) is 17.9.